The van der Waals surface area contributed by atoms with Gasteiger partial charge in [0, 0.05) is 7.05 Å². The second-order valence-electron chi connectivity index (χ2n) is 1.62. The molecule has 0 aliphatic rings. The van der Waals surface area contributed by atoms with Gasteiger partial charge < -0.3 is 10.1 Å². The first-order valence-corrected chi connectivity index (χ1v) is 2.87. The molecule has 0 saturated heterocycles. The molecule has 0 radical (unpaired) electrons. The molecule has 0 spiro atoms. The van der Waals surface area contributed by atoms with Crippen LogP contribution in [0.15, 0.2) is 24.9 Å². The second-order valence-corrected chi connectivity index (χ2v) is 1.62. The molecule has 3 nitrogen and oxygen atoms in total. The van der Waals surface area contributed by atoms with E-state index in [0.29, 0.717) is 0 Å². The molecular weight excluding hydrogens is 130 g/mol. The highest BCUT2D eigenvalue weighted by Crippen LogP contribution is 1.87. The first-order valence-electron chi connectivity index (χ1n) is 2.87. The maximum Gasteiger partial charge on any atom is 0.354 e. The minimum atomic E-state index is -0.442. The lowest BCUT2D eigenvalue weighted by molar-refractivity contribution is -0.138. The van der Waals surface area contributed by atoms with E-state index in [2.05, 4.69) is 23.2 Å². The molecule has 0 amide bonds. The van der Waals surface area contributed by atoms with E-state index < -0.39 is 5.97 Å². The van der Waals surface area contributed by atoms with Crippen LogP contribution < -0.4 is 5.32 Å². The van der Waals surface area contributed by atoms with Gasteiger partial charge in [-0.05, 0) is 0 Å². The molecule has 1 N–H and O–H groups in total. The zero-order valence-corrected chi connectivity index (χ0v) is 6.02. The topological polar surface area (TPSA) is 38.3 Å². The molecule has 0 aliphatic heterocycles. The summed E-state index contributed by atoms with van der Waals surface area (Å²) in [5.74, 6) is -0.442. The molecule has 10 heavy (non-hydrogen) atoms. The summed E-state index contributed by atoms with van der Waals surface area (Å²) in [6.07, 6.45) is 1.50. The summed E-state index contributed by atoms with van der Waals surface area (Å²) >= 11 is 0. The van der Waals surface area contributed by atoms with E-state index in [0.717, 1.165) is 0 Å². The Hall–Kier alpha value is -1.25. The van der Waals surface area contributed by atoms with E-state index in [1.807, 2.05) is 0 Å². The number of nitrogens with one attached hydrogen (secondary N) is 1. The van der Waals surface area contributed by atoms with Gasteiger partial charge in [-0.2, -0.15) is 0 Å². The fourth-order valence-corrected chi connectivity index (χ4v) is 0.324. The van der Waals surface area contributed by atoms with Crippen LogP contribution in [-0.4, -0.2) is 19.6 Å². The Kier molecular flexibility index (Phi) is 4.04. The Morgan fingerprint density at radius 2 is 2.40 bits per heavy atom. The largest absolute Gasteiger partial charge is 0.457 e. The highest BCUT2D eigenvalue weighted by molar-refractivity contribution is 5.86. The number of likely N-dealkylation sites (N-methyl/N-ethyl adjacent to an activating group) is 1. The molecule has 56 valence electrons. The normalized spacial score (nSPS) is 8.10. The van der Waals surface area contributed by atoms with Crippen molar-refractivity contribution in [3.63, 3.8) is 0 Å². The van der Waals surface area contributed by atoms with Crippen molar-refractivity contribution in [2.24, 2.45) is 0 Å². The predicted octanol–water partition coefficient (Wildman–Crippen LogP) is 0.449. The van der Waals surface area contributed by atoms with Crippen LogP contribution in [0.5, 0.6) is 0 Å². The van der Waals surface area contributed by atoms with Gasteiger partial charge in [0.25, 0.3) is 0 Å². The lowest BCUT2D eigenvalue weighted by Gasteiger charge is -2.02. The molecule has 0 saturated carbocycles. The zero-order chi connectivity index (χ0) is 7.98. The molecule has 0 aromatic carbocycles. The Balaban J connectivity index is 3.62. The average Bonchev–Trinajstić information content (AvgIpc) is 1.98. The van der Waals surface area contributed by atoms with Gasteiger partial charge in [0.15, 0.2) is 0 Å². The summed E-state index contributed by atoms with van der Waals surface area (Å²) in [5.41, 5.74) is 0.252. The molecule has 0 unspecified atom stereocenters. The monoisotopic (exact) mass is 141 g/mol. The number of hydrogen-bond acceptors (Lipinski definition) is 3. The van der Waals surface area contributed by atoms with Crippen LogP contribution in [0.3, 0.4) is 0 Å². The van der Waals surface area contributed by atoms with Gasteiger partial charge in [-0.1, -0.05) is 19.2 Å². The highest BCUT2D eigenvalue weighted by Gasteiger charge is 2.02. The van der Waals surface area contributed by atoms with Crippen LogP contribution in [0, 0.1) is 0 Å². The first-order chi connectivity index (χ1) is 4.72. The van der Waals surface area contributed by atoms with Crippen LogP contribution in [0.25, 0.3) is 0 Å². The molecule has 0 atom stereocenters. The fourth-order valence-electron chi connectivity index (χ4n) is 0.324. The minimum Gasteiger partial charge on any atom is -0.457 e. The summed E-state index contributed by atoms with van der Waals surface area (Å²) in [5, 5.41) is 2.57. The predicted molar refractivity (Wildman–Crippen MR) is 39.4 cm³/mol. The average molecular weight is 141 g/mol. The third kappa shape index (κ3) is 2.91. The van der Waals surface area contributed by atoms with E-state index in [4.69, 9.17) is 0 Å². The number of carbonyl (C=O) groups excluding carboxylic acids is 1. The molecule has 3 heteroatoms. The summed E-state index contributed by atoms with van der Waals surface area (Å²) < 4.78 is 4.62. The molecular formula is C7H11NO2. The van der Waals surface area contributed by atoms with Crippen molar-refractivity contribution in [1.82, 2.24) is 5.32 Å². The van der Waals surface area contributed by atoms with E-state index in [1.165, 1.54) is 6.08 Å². The number of esters is 1. The van der Waals surface area contributed by atoms with Crippen LogP contribution in [-0.2, 0) is 9.53 Å². The second kappa shape index (κ2) is 4.61. The van der Waals surface area contributed by atoms with Crippen LogP contribution in [0.4, 0.5) is 0 Å². The smallest absolute Gasteiger partial charge is 0.354 e. The van der Waals surface area contributed by atoms with Gasteiger partial charge in [-0.25, -0.2) is 4.79 Å². The van der Waals surface area contributed by atoms with Crippen molar-refractivity contribution in [3.8, 4) is 0 Å². The first kappa shape index (κ1) is 8.75. The quantitative estimate of drug-likeness (QED) is 0.351. The van der Waals surface area contributed by atoms with Crippen molar-refractivity contribution in [1.29, 1.82) is 0 Å². The standard InChI is InChI=1S/C7H11NO2/c1-4-5-10-7(9)6(2)8-3/h4,8H,1-2,5H2,3H3. The Morgan fingerprint density at radius 1 is 1.80 bits per heavy atom. The van der Waals surface area contributed by atoms with Crippen molar-refractivity contribution in [3.05, 3.63) is 24.9 Å². The van der Waals surface area contributed by atoms with Gasteiger partial charge in [0.1, 0.15) is 12.3 Å². The molecule has 0 fully saturated rings. The minimum absolute atomic E-state index is 0.222. The Bertz CT molecular complexity index is 152. The van der Waals surface area contributed by atoms with Gasteiger partial charge in [-0.3, -0.25) is 0 Å². The fraction of sp³-hybridized carbons (Fsp3) is 0.286. The number of carbonyl (C=O) groups is 1. The number of hydrogen-bond donors (Lipinski definition) is 1. The molecule has 0 heterocycles. The summed E-state index contributed by atoms with van der Waals surface area (Å²) in [7, 11) is 1.61. The number of rotatable bonds is 4. The van der Waals surface area contributed by atoms with Gasteiger partial charge in [-0.15, -0.1) is 0 Å². The maximum atomic E-state index is 10.7. The van der Waals surface area contributed by atoms with Gasteiger partial charge in [0.2, 0.25) is 0 Å². The van der Waals surface area contributed by atoms with E-state index >= 15 is 0 Å². The van der Waals surface area contributed by atoms with E-state index in [1.54, 1.807) is 7.05 Å². The lowest BCUT2D eigenvalue weighted by Crippen LogP contribution is -2.17. The molecule has 0 bridgehead atoms. The third-order valence-electron chi connectivity index (χ3n) is 0.880. The summed E-state index contributed by atoms with van der Waals surface area (Å²) in [6, 6.07) is 0. The highest BCUT2D eigenvalue weighted by atomic mass is 16.5. The van der Waals surface area contributed by atoms with Crippen molar-refractivity contribution >= 4 is 5.97 Å². The van der Waals surface area contributed by atoms with Crippen LogP contribution >= 0.6 is 0 Å². The van der Waals surface area contributed by atoms with Crippen LogP contribution in [0.2, 0.25) is 0 Å². The number of ether oxygens (including phenoxy) is 1. The molecule has 0 aliphatic carbocycles. The Morgan fingerprint density at radius 3 is 2.80 bits per heavy atom. The summed E-state index contributed by atoms with van der Waals surface area (Å²) in [4.78, 5) is 10.7. The maximum absolute atomic E-state index is 10.7. The Labute approximate surface area is 60.4 Å². The molecule has 0 rings (SSSR count). The van der Waals surface area contributed by atoms with Gasteiger partial charge in [0.05, 0.1) is 0 Å². The molecule has 0 aromatic heterocycles. The lowest BCUT2D eigenvalue weighted by atomic mass is 10.5. The van der Waals surface area contributed by atoms with Crippen molar-refractivity contribution in [2.75, 3.05) is 13.7 Å². The summed E-state index contributed by atoms with van der Waals surface area (Å²) in [6.45, 7) is 7.02. The SMILES string of the molecule is C=CCOC(=O)C(=C)NC. The third-order valence-corrected chi connectivity index (χ3v) is 0.880. The van der Waals surface area contributed by atoms with Crippen LogP contribution in [0.1, 0.15) is 0 Å². The van der Waals surface area contributed by atoms with Gasteiger partial charge >= 0.3 is 5.97 Å². The van der Waals surface area contributed by atoms with E-state index in [9.17, 15) is 4.79 Å². The molecule has 0 aromatic rings. The zero-order valence-electron chi connectivity index (χ0n) is 6.02. The van der Waals surface area contributed by atoms with Crippen molar-refractivity contribution < 1.29 is 9.53 Å². The van der Waals surface area contributed by atoms with E-state index in [-0.39, 0.29) is 12.3 Å². The van der Waals surface area contributed by atoms with Crippen molar-refractivity contribution in [2.45, 2.75) is 0 Å².